The van der Waals surface area contributed by atoms with Crippen molar-refractivity contribution in [3.63, 3.8) is 0 Å². The molecular formula is C18H22N2O3. The van der Waals surface area contributed by atoms with E-state index >= 15 is 0 Å². The smallest absolute Gasteiger partial charge is 0.252 e. The van der Waals surface area contributed by atoms with Crippen molar-refractivity contribution in [2.75, 3.05) is 0 Å². The summed E-state index contributed by atoms with van der Waals surface area (Å²) in [5.41, 5.74) is 1.12. The van der Waals surface area contributed by atoms with E-state index in [1.807, 2.05) is 45.0 Å². The molecule has 1 heterocycles. The molecule has 5 nitrogen and oxygen atoms in total. The van der Waals surface area contributed by atoms with Crippen molar-refractivity contribution in [2.45, 2.75) is 32.9 Å². The lowest BCUT2D eigenvalue weighted by atomic mass is 10.1. The molecular weight excluding hydrogens is 292 g/mol. The summed E-state index contributed by atoms with van der Waals surface area (Å²) in [5, 5.41) is 2.89. The van der Waals surface area contributed by atoms with Gasteiger partial charge in [-0.1, -0.05) is 12.1 Å². The first-order chi connectivity index (χ1) is 10.9. The first-order valence-corrected chi connectivity index (χ1v) is 7.61. The maximum atomic E-state index is 12.2. The molecule has 0 aliphatic heterocycles. The average Bonchev–Trinajstić information content (AvgIpc) is 2.50. The van der Waals surface area contributed by atoms with Gasteiger partial charge in [0.05, 0.1) is 12.1 Å². The van der Waals surface area contributed by atoms with Gasteiger partial charge in [-0.3, -0.25) is 9.59 Å². The molecule has 0 bridgehead atoms. The fraction of sp³-hybridized carbons (Fsp3) is 0.333. The molecule has 23 heavy (non-hydrogen) atoms. The third kappa shape index (κ3) is 4.45. The molecule has 0 aliphatic rings. The Kier molecular flexibility index (Phi) is 5.21. The van der Waals surface area contributed by atoms with Gasteiger partial charge in [-0.05, 0) is 44.5 Å². The van der Waals surface area contributed by atoms with Crippen molar-refractivity contribution < 1.29 is 9.53 Å². The number of aromatic nitrogens is 1. The number of nitrogens with one attached hydrogen (secondary N) is 1. The van der Waals surface area contributed by atoms with E-state index in [0.717, 1.165) is 11.3 Å². The van der Waals surface area contributed by atoms with Crippen molar-refractivity contribution in [1.82, 2.24) is 9.88 Å². The number of rotatable bonds is 5. The van der Waals surface area contributed by atoms with Gasteiger partial charge in [0, 0.05) is 24.9 Å². The minimum atomic E-state index is -0.266. The Morgan fingerprint density at radius 2 is 1.78 bits per heavy atom. The third-order valence-electron chi connectivity index (χ3n) is 3.47. The molecule has 0 fully saturated rings. The van der Waals surface area contributed by atoms with Crippen molar-refractivity contribution in [1.29, 1.82) is 0 Å². The lowest BCUT2D eigenvalue weighted by Crippen LogP contribution is -2.28. The number of carbonyl (C=O) groups is 1. The van der Waals surface area contributed by atoms with Crippen molar-refractivity contribution in [2.24, 2.45) is 7.05 Å². The third-order valence-corrected chi connectivity index (χ3v) is 3.47. The van der Waals surface area contributed by atoms with Crippen LogP contribution in [0.3, 0.4) is 0 Å². The van der Waals surface area contributed by atoms with Crippen LogP contribution < -0.4 is 15.6 Å². The number of nitrogens with zero attached hydrogens (tertiary/aromatic N) is 1. The second kappa shape index (κ2) is 7.13. The largest absolute Gasteiger partial charge is 0.491 e. The van der Waals surface area contributed by atoms with Crippen LogP contribution in [0.4, 0.5) is 0 Å². The molecule has 1 atom stereocenters. The summed E-state index contributed by atoms with van der Waals surface area (Å²) in [7, 11) is 1.65. The summed E-state index contributed by atoms with van der Waals surface area (Å²) in [6, 6.07) is 10.4. The van der Waals surface area contributed by atoms with Crippen molar-refractivity contribution in [3.05, 3.63) is 64.1 Å². The summed E-state index contributed by atoms with van der Waals surface area (Å²) < 4.78 is 7.02. The van der Waals surface area contributed by atoms with E-state index in [0.29, 0.717) is 5.56 Å². The normalized spacial score (nSPS) is 12.0. The summed E-state index contributed by atoms with van der Waals surface area (Å²) in [6.45, 7) is 5.85. The lowest BCUT2D eigenvalue weighted by molar-refractivity contribution is 0.0939. The number of hydrogen-bond donors (Lipinski definition) is 1. The number of aryl methyl sites for hydroxylation is 1. The number of amides is 1. The molecule has 2 aromatic rings. The van der Waals surface area contributed by atoms with Gasteiger partial charge >= 0.3 is 0 Å². The maximum Gasteiger partial charge on any atom is 0.252 e. The summed E-state index contributed by atoms with van der Waals surface area (Å²) in [5.74, 6) is 0.534. The summed E-state index contributed by atoms with van der Waals surface area (Å²) in [6.07, 6.45) is 1.71. The maximum absolute atomic E-state index is 12.2. The van der Waals surface area contributed by atoms with Gasteiger partial charge in [0.15, 0.2) is 0 Å². The zero-order valence-electron chi connectivity index (χ0n) is 13.9. The summed E-state index contributed by atoms with van der Waals surface area (Å²) >= 11 is 0. The number of ether oxygens (including phenoxy) is 1. The van der Waals surface area contributed by atoms with Crippen LogP contribution in [-0.2, 0) is 7.05 Å². The molecule has 1 aromatic heterocycles. The van der Waals surface area contributed by atoms with E-state index in [2.05, 4.69) is 5.32 Å². The Bertz CT molecular complexity index is 733. The lowest BCUT2D eigenvalue weighted by Gasteiger charge is -2.16. The Morgan fingerprint density at radius 1 is 1.13 bits per heavy atom. The quantitative estimate of drug-likeness (QED) is 0.923. The van der Waals surface area contributed by atoms with E-state index < -0.39 is 0 Å². The highest BCUT2D eigenvalue weighted by molar-refractivity contribution is 5.94. The molecule has 0 aliphatic carbocycles. The van der Waals surface area contributed by atoms with E-state index in [1.165, 1.54) is 10.6 Å². The Hall–Kier alpha value is -2.56. The van der Waals surface area contributed by atoms with Crippen LogP contribution in [0, 0.1) is 0 Å². The fourth-order valence-electron chi connectivity index (χ4n) is 2.16. The molecule has 0 saturated heterocycles. The number of hydrogen-bond acceptors (Lipinski definition) is 3. The van der Waals surface area contributed by atoms with E-state index in [-0.39, 0.29) is 23.6 Å². The standard InChI is InChI=1S/C18H22N2O3/c1-12(2)23-16-7-5-14(6-8-16)13(3)19-18(22)15-9-10-20(4)17(21)11-15/h5-13H,1-4H3,(H,19,22)/t13-/m1/s1. The van der Waals surface area contributed by atoms with E-state index in [9.17, 15) is 9.59 Å². The van der Waals surface area contributed by atoms with Gasteiger partial charge in [0.2, 0.25) is 0 Å². The number of carbonyl (C=O) groups excluding carboxylic acids is 1. The van der Waals surface area contributed by atoms with Gasteiger partial charge in [0.25, 0.3) is 11.5 Å². The highest BCUT2D eigenvalue weighted by atomic mass is 16.5. The van der Waals surface area contributed by atoms with Crippen molar-refractivity contribution >= 4 is 5.91 Å². The van der Waals surface area contributed by atoms with Gasteiger partial charge in [-0.2, -0.15) is 0 Å². The highest BCUT2D eigenvalue weighted by Crippen LogP contribution is 2.18. The first-order valence-electron chi connectivity index (χ1n) is 7.61. The van der Waals surface area contributed by atoms with Crippen LogP contribution >= 0.6 is 0 Å². The van der Waals surface area contributed by atoms with Crippen LogP contribution in [0.5, 0.6) is 5.75 Å². The highest BCUT2D eigenvalue weighted by Gasteiger charge is 2.12. The van der Waals surface area contributed by atoms with Gasteiger partial charge in [-0.25, -0.2) is 0 Å². The molecule has 2 rings (SSSR count). The Morgan fingerprint density at radius 3 is 2.35 bits per heavy atom. The monoisotopic (exact) mass is 314 g/mol. The fourth-order valence-corrected chi connectivity index (χ4v) is 2.16. The second-order valence-corrected chi connectivity index (χ2v) is 5.80. The number of pyridine rings is 1. The summed E-state index contributed by atoms with van der Waals surface area (Å²) in [4.78, 5) is 23.8. The Labute approximate surface area is 135 Å². The number of benzene rings is 1. The molecule has 1 aromatic carbocycles. The Balaban J connectivity index is 2.05. The van der Waals surface area contributed by atoms with Crippen LogP contribution in [0.25, 0.3) is 0 Å². The van der Waals surface area contributed by atoms with Crippen LogP contribution in [0.2, 0.25) is 0 Å². The molecule has 122 valence electrons. The van der Waals surface area contributed by atoms with Crippen molar-refractivity contribution in [3.8, 4) is 5.75 Å². The molecule has 0 radical (unpaired) electrons. The van der Waals surface area contributed by atoms with Crippen LogP contribution in [0.1, 0.15) is 42.7 Å². The molecule has 1 amide bonds. The van der Waals surface area contributed by atoms with Gasteiger partial charge < -0.3 is 14.6 Å². The molecule has 0 spiro atoms. The average molecular weight is 314 g/mol. The van der Waals surface area contributed by atoms with Gasteiger partial charge in [0.1, 0.15) is 5.75 Å². The van der Waals surface area contributed by atoms with E-state index in [1.54, 1.807) is 19.3 Å². The minimum absolute atomic E-state index is 0.124. The van der Waals surface area contributed by atoms with Crippen LogP contribution in [0.15, 0.2) is 47.4 Å². The molecule has 1 N–H and O–H groups in total. The SMILES string of the molecule is CC(C)Oc1ccc([C@@H](C)NC(=O)c2ccn(C)c(=O)c2)cc1. The molecule has 0 unspecified atom stereocenters. The van der Waals surface area contributed by atoms with E-state index in [4.69, 9.17) is 4.74 Å². The molecule has 0 saturated carbocycles. The minimum Gasteiger partial charge on any atom is -0.491 e. The predicted molar refractivity (Wildman–Crippen MR) is 89.8 cm³/mol. The first kappa shape index (κ1) is 16.8. The molecule has 5 heteroatoms. The van der Waals surface area contributed by atoms with Crippen LogP contribution in [-0.4, -0.2) is 16.6 Å². The second-order valence-electron chi connectivity index (χ2n) is 5.80. The zero-order valence-corrected chi connectivity index (χ0v) is 13.9. The topological polar surface area (TPSA) is 60.3 Å². The van der Waals surface area contributed by atoms with Gasteiger partial charge in [-0.15, -0.1) is 0 Å². The predicted octanol–water partition coefficient (Wildman–Crippen LogP) is 2.66. The zero-order chi connectivity index (χ0) is 17.0.